The number of hydrogen-bond donors (Lipinski definition) is 1. The second-order valence-electron chi connectivity index (χ2n) is 5.84. The zero-order valence-corrected chi connectivity index (χ0v) is 14.0. The van der Waals surface area contributed by atoms with E-state index in [0.29, 0.717) is 12.1 Å². The van der Waals surface area contributed by atoms with Crippen LogP contribution in [-0.2, 0) is 0 Å². The Labute approximate surface area is 142 Å². The van der Waals surface area contributed by atoms with Crippen LogP contribution in [0, 0.1) is 6.92 Å². The van der Waals surface area contributed by atoms with Gasteiger partial charge in [0.2, 0.25) is 0 Å². The highest BCUT2D eigenvalue weighted by Crippen LogP contribution is 2.18. The zero-order chi connectivity index (χ0) is 16.9. The molecule has 0 unspecified atom stereocenters. The SMILES string of the molecule is Cc1cc(C(=O)NCCN(C)c2ccccc2)c2ccccc2n1. The summed E-state index contributed by atoms with van der Waals surface area (Å²) in [6.45, 7) is 3.24. The highest BCUT2D eigenvalue weighted by molar-refractivity contribution is 6.06. The first kappa shape index (κ1) is 16.0. The van der Waals surface area contributed by atoms with Crippen molar-refractivity contribution in [3.63, 3.8) is 0 Å². The third kappa shape index (κ3) is 3.54. The van der Waals surface area contributed by atoms with Crippen molar-refractivity contribution >= 4 is 22.5 Å². The molecule has 0 saturated heterocycles. The number of pyridine rings is 1. The van der Waals surface area contributed by atoms with Crippen molar-refractivity contribution in [2.45, 2.75) is 6.92 Å². The maximum atomic E-state index is 12.6. The summed E-state index contributed by atoms with van der Waals surface area (Å²) in [5, 5.41) is 3.90. The number of fused-ring (bicyclic) bond motifs is 1. The number of nitrogens with zero attached hydrogens (tertiary/aromatic N) is 2. The molecular weight excluding hydrogens is 298 g/mol. The minimum atomic E-state index is -0.0573. The molecule has 3 aromatic rings. The lowest BCUT2D eigenvalue weighted by molar-refractivity contribution is 0.0956. The average molecular weight is 319 g/mol. The van der Waals surface area contributed by atoms with E-state index < -0.39 is 0 Å². The minimum Gasteiger partial charge on any atom is -0.373 e. The number of aromatic nitrogens is 1. The number of carbonyl (C=O) groups excluding carboxylic acids is 1. The van der Waals surface area contributed by atoms with Gasteiger partial charge in [0, 0.05) is 36.9 Å². The van der Waals surface area contributed by atoms with Crippen molar-refractivity contribution in [2.75, 3.05) is 25.0 Å². The summed E-state index contributed by atoms with van der Waals surface area (Å²) in [7, 11) is 2.02. The van der Waals surface area contributed by atoms with Crippen molar-refractivity contribution in [2.24, 2.45) is 0 Å². The number of benzene rings is 2. The van der Waals surface area contributed by atoms with Crippen LogP contribution in [0.15, 0.2) is 60.7 Å². The smallest absolute Gasteiger partial charge is 0.252 e. The lowest BCUT2D eigenvalue weighted by atomic mass is 10.1. The number of likely N-dealkylation sites (N-methyl/N-ethyl adjacent to an activating group) is 1. The molecular formula is C20H21N3O. The summed E-state index contributed by atoms with van der Waals surface area (Å²) in [4.78, 5) is 19.2. The number of para-hydroxylation sites is 2. The van der Waals surface area contributed by atoms with Crippen LogP contribution in [0.25, 0.3) is 10.9 Å². The van der Waals surface area contributed by atoms with Crippen LogP contribution in [-0.4, -0.2) is 31.0 Å². The van der Waals surface area contributed by atoms with Crippen LogP contribution in [0.1, 0.15) is 16.1 Å². The zero-order valence-electron chi connectivity index (χ0n) is 14.0. The van der Waals surface area contributed by atoms with Gasteiger partial charge in [-0.3, -0.25) is 9.78 Å². The first-order chi connectivity index (χ1) is 11.6. The van der Waals surface area contributed by atoms with Gasteiger partial charge in [-0.25, -0.2) is 0 Å². The first-order valence-corrected chi connectivity index (χ1v) is 8.06. The summed E-state index contributed by atoms with van der Waals surface area (Å²) in [5.41, 5.74) is 3.52. The summed E-state index contributed by atoms with van der Waals surface area (Å²) >= 11 is 0. The van der Waals surface area contributed by atoms with Crippen LogP contribution in [0.3, 0.4) is 0 Å². The van der Waals surface area contributed by atoms with Gasteiger partial charge < -0.3 is 10.2 Å². The molecule has 1 aromatic heterocycles. The van der Waals surface area contributed by atoms with E-state index in [-0.39, 0.29) is 5.91 Å². The fourth-order valence-electron chi connectivity index (χ4n) is 2.74. The summed E-state index contributed by atoms with van der Waals surface area (Å²) < 4.78 is 0. The average Bonchev–Trinajstić information content (AvgIpc) is 2.61. The fraction of sp³-hybridized carbons (Fsp3) is 0.200. The van der Waals surface area contributed by atoms with Gasteiger partial charge in [-0.2, -0.15) is 0 Å². The summed E-state index contributed by atoms with van der Waals surface area (Å²) in [6, 6.07) is 19.7. The fourth-order valence-corrected chi connectivity index (χ4v) is 2.74. The standard InChI is InChI=1S/C20H21N3O/c1-15-14-18(17-10-6-7-11-19(17)22-15)20(24)21-12-13-23(2)16-8-4-3-5-9-16/h3-11,14H,12-13H2,1-2H3,(H,21,24). The van der Waals surface area contributed by atoms with Gasteiger partial charge in [-0.05, 0) is 31.2 Å². The molecule has 0 aliphatic heterocycles. The molecule has 0 fully saturated rings. The van der Waals surface area contributed by atoms with Crippen molar-refractivity contribution in [1.29, 1.82) is 0 Å². The molecule has 0 spiro atoms. The Hall–Kier alpha value is -2.88. The molecule has 24 heavy (non-hydrogen) atoms. The molecule has 1 N–H and O–H groups in total. The second-order valence-corrected chi connectivity index (χ2v) is 5.84. The summed E-state index contributed by atoms with van der Waals surface area (Å²) in [6.07, 6.45) is 0. The highest BCUT2D eigenvalue weighted by atomic mass is 16.1. The molecule has 0 bridgehead atoms. The molecule has 3 rings (SSSR count). The Kier molecular flexibility index (Phi) is 4.75. The van der Waals surface area contributed by atoms with Gasteiger partial charge in [-0.15, -0.1) is 0 Å². The van der Waals surface area contributed by atoms with Crippen LogP contribution in [0.5, 0.6) is 0 Å². The molecule has 0 aliphatic rings. The number of aryl methyl sites for hydroxylation is 1. The largest absolute Gasteiger partial charge is 0.373 e. The number of anilines is 1. The van der Waals surface area contributed by atoms with Crippen LogP contribution >= 0.6 is 0 Å². The predicted molar refractivity (Wildman–Crippen MR) is 98.5 cm³/mol. The van der Waals surface area contributed by atoms with Crippen molar-refractivity contribution in [3.8, 4) is 0 Å². The van der Waals surface area contributed by atoms with E-state index >= 15 is 0 Å². The van der Waals surface area contributed by atoms with E-state index in [2.05, 4.69) is 27.3 Å². The van der Waals surface area contributed by atoms with Crippen molar-refractivity contribution in [1.82, 2.24) is 10.3 Å². The Bertz CT molecular complexity index is 846. The highest BCUT2D eigenvalue weighted by Gasteiger charge is 2.11. The Morgan fingerprint density at radius 1 is 1.08 bits per heavy atom. The molecule has 1 heterocycles. The van der Waals surface area contributed by atoms with Gasteiger partial charge in [0.05, 0.1) is 11.1 Å². The molecule has 4 heteroatoms. The molecule has 0 saturated carbocycles. The molecule has 122 valence electrons. The topological polar surface area (TPSA) is 45.2 Å². The molecule has 0 radical (unpaired) electrons. The van der Waals surface area contributed by atoms with Crippen molar-refractivity contribution < 1.29 is 4.79 Å². The van der Waals surface area contributed by atoms with E-state index in [1.54, 1.807) is 0 Å². The van der Waals surface area contributed by atoms with Gasteiger partial charge >= 0.3 is 0 Å². The molecule has 1 amide bonds. The molecule has 0 atom stereocenters. The number of rotatable bonds is 5. The third-order valence-corrected chi connectivity index (χ3v) is 4.02. The lowest BCUT2D eigenvalue weighted by Crippen LogP contribution is -2.33. The Balaban J connectivity index is 1.68. The quantitative estimate of drug-likeness (QED) is 0.784. The minimum absolute atomic E-state index is 0.0573. The summed E-state index contributed by atoms with van der Waals surface area (Å²) in [5.74, 6) is -0.0573. The van der Waals surface area contributed by atoms with E-state index in [9.17, 15) is 4.79 Å². The Morgan fingerprint density at radius 2 is 1.79 bits per heavy atom. The van der Waals surface area contributed by atoms with Gasteiger partial charge in [-0.1, -0.05) is 36.4 Å². The number of carbonyl (C=O) groups is 1. The molecule has 4 nitrogen and oxygen atoms in total. The normalized spacial score (nSPS) is 10.6. The first-order valence-electron chi connectivity index (χ1n) is 8.06. The Morgan fingerprint density at radius 3 is 2.58 bits per heavy atom. The van der Waals surface area contributed by atoms with E-state index in [1.807, 2.05) is 62.5 Å². The van der Waals surface area contributed by atoms with Crippen molar-refractivity contribution in [3.05, 3.63) is 71.9 Å². The molecule has 0 aliphatic carbocycles. The van der Waals surface area contributed by atoms with E-state index in [1.165, 1.54) is 0 Å². The van der Waals surface area contributed by atoms with Gasteiger partial charge in [0.25, 0.3) is 5.91 Å². The number of nitrogens with one attached hydrogen (secondary N) is 1. The number of amides is 1. The lowest BCUT2D eigenvalue weighted by Gasteiger charge is -2.19. The van der Waals surface area contributed by atoms with Gasteiger partial charge in [0.15, 0.2) is 0 Å². The van der Waals surface area contributed by atoms with E-state index in [4.69, 9.17) is 0 Å². The van der Waals surface area contributed by atoms with Crippen LogP contribution < -0.4 is 10.2 Å². The number of hydrogen-bond acceptors (Lipinski definition) is 3. The maximum absolute atomic E-state index is 12.6. The van der Waals surface area contributed by atoms with Gasteiger partial charge in [0.1, 0.15) is 0 Å². The maximum Gasteiger partial charge on any atom is 0.252 e. The second kappa shape index (κ2) is 7.13. The predicted octanol–water partition coefficient (Wildman–Crippen LogP) is 3.41. The van der Waals surface area contributed by atoms with E-state index in [0.717, 1.165) is 28.8 Å². The monoisotopic (exact) mass is 319 g/mol. The third-order valence-electron chi connectivity index (χ3n) is 4.02. The van der Waals surface area contributed by atoms with Crippen LogP contribution in [0.2, 0.25) is 0 Å². The van der Waals surface area contributed by atoms with Crippen LogP contribution in [0.4, 0.5) is 5.69 Å². The molecule has 2 aromatic carbocycles.